The third kappa shape index (κ3) is 4.94. The van der Waals surface area contributed by atoms with Gasteiger partial charge in [-0.1, -0.05) is 41.9 Å². The number of nitrogens with zero attached hydrogens (tertiary/aromatic N) is 3. The highest BCUT2D eigenvalue weighted by Crippen LogP contribution is 2.29. The lowest BCUT2D eigenvalue weighted by atomic mass is 10.1. The van der Waals surface area contributed by atoms with E-state index in [0.29, 0.717) is 5.71 Å². The topological polar surface area (TPSA) is 105 Å². The van der Waals surface area contributed by atoms with Gasteiger partial charge in [0.05, 0.1) is 15.5 Å². The van der Waals surface area contributed by atoms with E-state index in [4.69, 9.17) is 0 Å². The summed E-state index contributed by atoms with van der Waals surface area (Å²) in [5.74, 6) is 0. The molecule has 28 heavy (non-hydrogen) atoms. The van der Waals surface area contributed by atoms with Crippen LogP contribution in [0.1, 0.15) is 26.3 Å². The number of hydrogen-bond acceptors (Lipinski definition) is 6. The van der Waals surface area contributed by atoms with Crippen molar-refractivity contribution in [3.8, 4) is 0 Å². The predicted octanol–water partition coefficient (Wildman–Crippen LogP) is 4.22. The number of halogens is 1. The molecule has 0 unspecified atom stereocenters. The first kappa shape index (κ1) is 22.0. The van der Waals surface area contributed by atoms with Gasteiger partial charge in [-0.15, -0.1) is 0 Å². The number of hydrazone groups is 1. The van der Waals surface area contributed by atoms with Crippen molar-refractivity contribution in [2.45, 2.75) is 25.7 Å². The molecule has 0 radical (unpaired) electrons. The maximum atomic E-state index is 12.6. The molecule has 0 aliphatic heterocycles. The predicted molar refractivity (Wildman–Crippen MR) is 113 cm³/mol. The van der Waals surface area contributed by atoms with Crippen LogP contribution >= 0.6 is 15.9 Å². The van der Waals surface area contributed by atoms with E-state index in [1.807, 2.05) is 24.3 Å². The summed E-state index contributed by atoms with van der Waals surface area (Å²) in [5.41, 5.74) is 3.88. The van der Waals surface area contributed by atoms with E-state index in [9.17, 15) is 18.5 Å². The normalized spacial score (nSPS) is 12.2. The Kier molecular flexibility index (Phi) is 7.28. The second-order valence-corrected chi connectivity index (χ2v) is 8.70. The lowest BCUT2D eigenvalue weighted by molar-refractivity contribution is -0.384. The number of nitro groups is 1. The molecule has 0 saturated heterocycles. The highest BCUT2D eigenvalue weighted by Gasteiger charge is 2.25. The summed E-state index contributed by atoms with van der Waals surface area (Å²) < 4.78 is 27.4. The van der Waals surface area contributed by atoms with E-state index in [-0.39, 0.29) is 29.4 Å². The van der Waals surface area contributed by atoms with E-state index >= 15 is 0 Å². The maximum absolute atomic E-state index is 12.6. The van der Waals surface area contributed by atoms with Crippen LogP contribution in [0.4, 0.5) is 11.4 Å². The molecule has 0 aromatic heterocycles. The van der Waals surface area contributed by atoms with Crippen molar-refractivity contribution in [3.63, 3.8) is 0 Å². The summed E-state index contributed by atoms with van der Waals surface area (Å²) in [6, 6.07) is 11.2. The molecule has 0 heterocycles. The fourth-order valence-electron chi connectivity index (χ4n) is 2.55. The van der Waals surface area contributed by atoms with Crippen LogP contribution in [-0.4, -0.2) is 36.4 Å². The largest absolute Gasteiger partial charge is 0.295 e. The Morgan fingerprint density at radius 3 is 2.46 bits per heavy atom. The minimum atomic E-state index is -3.79. The van der Waals surface area contributed by atoms with Crippen molar-refractivity contribution in [1.82, 2.24) is 4.31 Å². The van der Waals surface area contributed by atoms with Gasteiger partial charge < -0.3 is 0 Å². The van der Waals surface area contributed by atoms with E-state index in [1.54, 1.807) is 20.8 Å². The molecule has 8 nitrogen and oxygen atoms in total. The molecule has 0 aliphatic carbocycles. The Morgan fingerprint density at radius 1 is 1.21 bits per heavy atom. The first-order valence-electron chi connectivity index (χ1n) is 8.55. The van der Waals surface area contributed by atoms with Crippen LogP contribution in [0.5, 0.6) is 0 Å². The van der Waals surface area contributed by atoms with Crippen LogP contribution in [0.3, 0.4) is 0 Å². The number of rotatable bonds is 8. The van der Waals surface area contributed by atoms with Gasteiger partial charge in [-0.25, -0.2) is 8.42 Å². The number of benzene rings is 2. The quantitative estimate of drug-likeness (QED) is 0.354. The summed E-state index contributed by atoms with van der Waals surface area (Å²) in [6.45, 7) is 5.75. The van der Waals surface area contributed by atoms with Crippen LogP contribution in [0.15, 0.2) is 56.9 Å². The van der Waals surface area contributed by atoms with E-state index in [1.165, 1.54) is 16.4 Å². The zero-order valence-electron chi connectivity index (χ0n) is 15.7. The van der Waals surface area contributed by atoms with Gasteiger partial charge in [0.25, 0.3) is 5.69 Å². The smallest absolute Gasteiger partial charge is 0.271 e. The molecule has 0 fully saturated rings. The minimum Gasteiger partial charge on any atom is -0.271 e. The van der Waals surface area contributed by atoms with Gasteiger partial charge in [-0.2, -0.15) is 9.41 Å². The molecular formula is C18H21BrN4O4S. The molecule has 0 amide bonds. The minimum absolute atomic E-state index is 0.109. The first-order valence-corrected chi connectivity index (χ1v) is 10.8. The summed E-state index contributed by atoms with van der Waals surface area (Å²) in [5, 5.41) is 15.7. The van der Waals surface area contributed by atoms with E-state index in [2.05, 4.69) is 26.5 Å². The first-order chi connectivity index (χ1) is 13.2. The van der Waals surface area contributed by atoms with Gasteiger partial charge in [0.15, 0.2) is 0 Å². The van der Waals surface area contributed by atoms with Crippen molar-refractivity contribution in [3.05, 3.63) is 62.6 Å². The Bertz CT molecular complexity index is 1000. The molecule has 0 bridgehead atoms. The molecule has 10 heteroatoms. The fourth-order valence-corrected chi connectivity index (χ4v) is 4.43. The van der Waals surface area contributed by atoms with E-state index in [0.717, 1.165) is 16.1 Å². The van der Waals surface area contributed by atoms with Crippen LogP contribution in [-0.2, 0) is 10.0 Å². The average Bonchev–Trinajstić information content (AvgIpc) is 2.66. The molecule has 150 valence electrons. The van der Waals surface area contributed by atoms with Crippen LogP contribution in [0, 0.1) is 10.1 Å². The van der Waals surface area contributed by atoms with Crippen molar-refractivity contribution in [1.29, 1.82) is 0 Å². The summed E-state index contributed by atoms with van der Waals surface area (Å²) in [7, 11) is -3.79. The zero-order valence-corrected chi connectivity index (χ0v) is 18.1. The van der Waals surface area contributed by atoms with Crippen molar-refractivity contribution >= 4 is 43.0 Å². The number of nitrogens with one attached hydrogen (secondary N) is 1. The van der Waals surface area contributed by atoms with Gasteiger partial charge in [0.1, 0.15) is 5.69 Å². The van der Waals surface area contributed by atoms with Crippen molar-refractivity contribution in [2.75, 3.05) is 18.5 Å². The Balaban J connectivity index is 2.38. The molecule has 2 rings (SSSR count). The summed E-state index contributed by atoms with van der Waals surface area (Å²) >= 11 is 3.38. The second kappa shape index (κ2) is 9.26. The second-order valence-electron chi connectivity index (χ2n) is 5.84. The SMILES string of the molecule is CCN(CC)S(=O)(=O)c1ccc(N/N=C(\C)c2cccc(Br)c2)c([N+](=O)[O-])c1. The Morgan fingerprint density at radius 2 is 1.89 bits per heavy atom. The fraction of sp³-hybridized carbons (Fsp3) is 0.278. The number of hydrogen-bond donors (Lipinski definition) is 1. The number of nitro benzene ring substituents is 1. The maximum Gasteiger partial charge on any atom is 0.295 e. The highest BCUT2D eigenvalue weighted by molar-refractivity contribution is 9.10. The lowest BCUT2D eigenvalue weighted by Gasteiger charge is -2.18. The summed E-state index contributed by atoms with van der Waals surface area (Å²) in [6.07, 6.45) is 0. The van der Waals surface area contributed by atoms with Gasteiger partial charge in [-0.05, 0) is 36.8 Å². The van der Waals surface area contributed by atoms with E-state index < -0.39 is 14.9 Å². The molecule has 0 atom stereocenters. The zero-order chi connectivity index (χ0) is 20.9. The summed E-state index contributed by atoms with van der Waals surface area (Å²) in [4.78, 5) is 10.7. The molecule has 0 aliphatic rings. The van der Waals surface area contributed by atoms with Crippen molar-refractivity contribution in [2.24, 2.45) is 5.10 Å². The molecule has 0 spiro atoms. The number of sulfonamides is 1. The third-order valence-electron chi connectivity index (χ3n) is 4.10. The van der Waals surface area contributed by atoms with Gasteiger partial charge in [0, 0.05) is 23.6 Å². The van der Waals surface area contributed by atoms with Crippen LogP contribution in [0.2, 0.25) is 0 Å². The Hall–Kier alpha value is -2.30. The molecule has 0 saturated carbocycles. The molecular weight excluding hydrogens is 448 g/mol. The molecule has 2 aromatic rings. The third-order valence-corrected chi connectivity index (χ3v) is 6.63. The van der Waals surface area contributed by atoms with Gasteiger partial charge in [0.2, 0.25) is 10.0 Å². The van der Waals surface area contributed by atoms with Crippen molar-refractivity contribution < 1.29 is 13.3 Å². The average molecular weight is 469 g/mol. The monoisotopic (exact) mass is 468 g/mol. The number of anilines is 1. The van der Waals surface area contributed by atoms with Gasteiger partial charge in [-0.3, -0.25) is 15.5 Å². The Labute approximate surface area is 172 Å². The molecule has 1 N–H and O–H groups in total. The van der Waals surface area contributed by atoms with Crippen LogP contribution in [0.25, 0.3) is 0 Å². The van der Waals surface area contributed by atoms with Gasteiger partial charge >= 0.3 is 0 Å². The van der Waals surface area contributed by atoms with Crippen LogP contribution < -0.4 is 5.43 Å². The highest BCUT2D eigenvalue weighted by atomic mass is 79.9. The standard InChI is InChI=1S/C18H21BrN4O4S/c1-4-22(5-2)28(26,27)16-9-10-17(18(12-16)23(24)25)21-20-13(3)14-7-6-8-15(19)11-14/h6-12,21H,4-5H2,1-3H3/b20-13+. The lowest BCUT2D eigenvalue weighted by Crippen LogP contribution is -2.30. The molecule has 2 aromatic carbocycles.